The molecular formula is C14H22N4S. The first-order valence-corrected chi connectivity index (χ1v) is 7.04. The van der Waals surface area contributed by atoms with Gasteiger partial charge in [0.25, 0.3) is 0 Å². The van der Waals surface area contributed by atoms with Crippen LogP contribution in [0.1, 0.15) is 32.0 Å². The Kier molecular flexibility index (Phi) is 3.94. The highest BCUT2D eigenvalue weighted by molar-refractivity contribution is 7.80. The van der Waals surface area contributed by atoms with Crippen LogP contribution < -0.4 is 5.32 Å². The third kappa shape index (κ3) is 2.97. The van der Waals surface area contributed by atoms with E-state index in [1.165, 1.54) is 11.3 Å². The number of thiocarbonyl (C=S) groups is 1. The van der Waals surface area contributed by atoms with E-state index in [-0.39, 0.29) is 5.54 Å². The average molecular weight is 278 g/mol. The first-order chi connectivity index (χ1) is 8.93. The lowest BCUT2D eigenvalue weighted by Gasteiger charge is -2.31. The molecule has 4 nitrogen and oxygen atoms in total. The van der Waals surface area contributed by atoms with E-state index in [1.54, 1.807) is 0 Å². The number of nitrogens with one attached hydrogen (secondary N) is 1. The molecular weight excluding hydrogens is 256 g/mol. The molecule has 1 aromatic heterocycles. The van der Waals surface area contributed by atoms with Crippen molar-refractivity contribution in [2.45, 2.75) is 39.3 Å². The fourth-order valence-corrected chi connectivity index (χ4v) is 2.59. The van der Waals surface area contributed by atoms with Gasteiger partial charge in [0.15, 0.2) is 5.11 Å². The zero-order chi connectivity index (χ0) is 14.0. The predicted octanol–water partition coefficient (Wildman–Crippen LogP) is 2.06. The summed E-state index contributed by atoms with van der Waals surface area (Å²) in [5.74, 6) is 0. The maximum Gasteiger partial charge on any atom is 0.169 e. The SMILES string of the molecule is C=CCNC(=S)N1CCc2c(cnn2C(C)(C)C)C1. The zero-order valence-electron chi connectivity index (χ0n) is 11.9. The molecule has 0 saturated heterocycles. The summed E-state index contributed by atoms with van der Waals surface area (Å²) in [7, 11) is 0. The quantitative estimate of drug-likeness (QED) is 0.663. The van der Waals surface area contributed by atoms with E-state index in [2.05, 4.69) is 47.3 Å². The van der Waals surface area contributed by atoms with Crippen molar-refractivity contribution in [2.75, 3.05) is 13.1 Å². The van der Waals surface area contributed by atoms with Crippen LogP contribution >= 0.6 is 12.2 Å². The molecule has 0 aromatic carbocycles. The lowest BCUT2D eigenvalue weighted by molar-refractivity contribution is 0.322. The third-order valence-corrected chi connectivity index (χ3v) is 3.66. The lowest BCUT2D eigenvalue weighted by atomic mass is 10.0. The van der Waals surface area contributed by atoms with E-state index < -0.39 is 0 Å². The van der Waals surface area contributed by atoms with Gasteiger partial charge in [0.1, 0.15) is 0 Å². The van der Waals surface area contributed by atoms with Crippen LogP contribution in [0.2, 0.25) is 0 Å². The van der Waals surface area contributed by atoms with Gasteiger partial charge in [-0.25, -0.2) is 0 Å². The van der Waals surface area contributed by atoms with E-state index in [0.29, 0.717) is 6.54 Å². The highest BCUT2D eigenvalue weighted by Crippen LogP contribution is 2.24. The number of hydrogen-bond donors (Lipinski definition) is 1. The van der Waals surface area contributed by atoms with Gasteiger partial charge in [0, 0.05) is 37.3 Å². The summed E-state index contributed by atoms with van der Waals surface area (Å²) in [6.07, 6.45) is 4.78. The van der Waals surface area contributed by atoms with Gasteiger partial charge in [-0.2, -0.15) is 5.10 Å². The Bertz CT molecular complexity index is 484. The number of fused-ring (bicyclic) bond motifs is 1. The lowest BCUT2D eigenvalue weighted by Crippen LogP contribution is -2.43. The van der Waals surface area contributed by atoms with Crippen molar-refractivity contribution in [3.8, 4) is 0 Å². The van der Waals surface area contributed by atoms with Crippen molar-refractivity contribution in [3.63, 3.8) is 0 Å². The Morgan fingerprint density at radius 1 is 1.58 bits per heavy atom. The van der Waals surface area contributed by atoms with Gasteiger partial charge in [0.2, 0.25) is 0 Å². The maximum absolute atomic E-state index is 5.39. The first-order valence-electron chi connectivity index (χ1n) is 6.63. The summed E-state index contributed by atoms with van der Waals surface area (Å²) < 4.78 is 2.14. The summed E-state index contributed by atoms with van der Waals surface area (Å²) in [5.41, 5.74) is 2.66. The molecule has 0 saturated carbocycles. The second kappa shape index (κ2) is 5.33. The van der Waals surface area contributed by atoms with Crippen LogP contribution in [0.3, 0.4) is 0 Å². The molecule has 0 spiro atoms. The van der Waals surface area contributed by atoms with Gasteiger partial charge in [-0.3, -0.25) is 4.68 Å². The minimum Gasteiger partial charge on any atom is -0.359 e. The Morgan fingerprint density at radius 2 is 2.32 bits per heavy atom. The van der Waals surface area contributed by atoms with Gasteiger partial charge in [0.05, 0.1) is 11.7 Å². The topological polar surface area (TPSA) is 33.1 Å². The molecule has 1 aliphatic rings. The molecule has 1 aliphatic heterocycles. The fraction of sp³-hybridized carbons (Fsp3) is 0.571. The molecule has 0 fully saturated rings. The first kappa shape index (κ1) is 14.1. The second-order valence-corrected chi connectivity index (χ2v) is 6.23. The number of nitrogens with zero attached hydrogens (tertiary/aromatic N) is 3. The van der Waals surface area contributed by atoms with Crippen LogP contribution in [0.5, 0.6) is 0 Å². The van der Waals surface area contributed by atoms with Crippen molar-refractivity contribution in [1.29, 1.82) is 0 Å². The van der Waals surface area contributed by atoms with Gasteiger partial charge in [-0.15, -0.1) is 6.58 Å². The van der Waals surface area contributed by atoms with E-state index >= 15 is 0 Å². The predicted molar refractivity (Wildman–Crippen MR) is 82.1 cm³/mol. The Labute approximate surface area is 120 Å². The van der Waals surface area contributed by atoms with Gasteiger partial charge in [-0.1, -0.05) is 6.08 Å². The molecule has 1 aromatic rings. The van der Waals surface area contributed by atoms with Crippen LogP contribution in [-0.4, -0.2) is 32.9 Å². The van der Waals surface area contributed by atoms with E-state index in [0.717, 1.165) is 24.6 Å². The van der Waals surface area contributed by atoms with E-state index in [1.807, 2.05) is 12.3 Å². The van der Waals surface area contributed by atoms with Crippen molar-refractivity contribution < 1.29 is 0 Å². The molecule has 5 heteroatoms. The molecule has 0 unspecified atom stereocenters. The monoisotopic (exact) mass is 278 g/mol. The normalized spacial score (nSPS) is 15.0. The highest BCUT2D eigenvalue weighted by atomic mass is 32.1. The molecule has 0 atom stereocenters. The number of rotatable bonds is 2. The van der Waals surface area contributed by atoms with Crippen molar-refractivity contribution in [2.24, 2.45) is 0 Å². The van der Waals surface area contributed by atoms with E-state index in [4.69, 9.17) is 12.2 Å². The van der Waals surface area contributed by atoms with Crippen LogP contribution in [0.4, 0.5) is 0 Å². The maximum atomic E-state index is 5.39. The molecule has 104 valence electrons. The summed E-state index contributed by atoms with van der Waals surface area (Å²) in [4.78, 5) is 2.19. The molecule has 2 rings (SSSR count). The molecule has 0 amide bonds. The summed E-state index contributed by atoms with van der Waals surface area (Å²) in [5, 5.41) is 8.52. The third-order valence-electron chi connectivity index (χ3n) is 3.26. The van der Waals surface area contributed by atoms with Crippen molar-refractivity contribution in [3.05, 3.63) is 30.1 Å². The largest absolute Gasteiger partial charge is 0.359 e. The zero-order valence-corrected chi connectivity index (χ0v) is 12.8. The van der Waals surface area contributed by atoms with E-state index in [9.17, 15) is 0 Å². The minimum atomic E-state index is 0.0390. The summed E-state index contributed by atoms with van der Waals surface area (Å²) in [6.45, 7) is 12.7. The van der Waals surface area contributed by atoms with Crippen LogP contribution in [-0.2, 0) is 18.5 Å². The molecule has 19 heavy (non-hydrogen) atoms. The molecule has 2 heterocycles. The van der Waals surface area contributed by atoms with Crippen LogP contribution in [0, 0.1) is 0 Å². The van der Waals surface area contributed by atoms with Gasteiger partial charge >= 0.3 is 0 Å². The van der Waals surface area contributed by atoms with Gasteiger partial charge in [-0.05, 0) is 33.0 Å². The minimum absolute atomic E-state index is 0.0390. The molecule has 0 bridgehead atoms. The second-order valence-electron chi connectivity index (χ2n) is 5.85. The van der Waals surface area contributed by atoms with Crippen molar-refractivity contribution in [1.82, 2.24) is 20.0 Å². The Balaban J connectivity index is 2.11. The Hall–Kier alpha value is -1.36. The Morgan fingerprint density at radius 3 is 2.95 bits per heavy atom. The number of hydrogen-bond acceptors (Lipinski definition) is 2. The molecule has 0 radical (unpaired) electrons. The number of aromatic nitrogens is 2. The van der Waals surface area contributed by atoms with Crippen molar-refractivity contribution >= 4 is 17.3 Å². The highest BCUT2D eigenvalue weighted by Gasteiger charge is 2.26. The molecule has 1 N–H and O–H groups in total. The smallest absolute Gasteiger partial charge is 0.169 e. The fourth-order valence-electron chi connectivity index (χ4n) is 2.35. The average Bonchev–Trinajstić information content (AvgIpc) is 2.78. The summed E-state index contributed by atoms with van der Waals surface area (Å²) >= 11 is 5.39. The molecule has 0 aliphatic carbocycles. The standard InChI is InChI=1S/C14H22N4S/c1-5-7-15-13(19)17-8-6-12-11(10-17)9-16-18(12)14(2,3)4/h5,9H,1,6-8,10H2,2-4H3,(H,15,19). The van der Waals surface area contributed by atoms with Gasteiger partial charge < -0.3 is 10.2 Å². The van der Waals surface area contributed by atoms with Crippen LogP contribution in [0.15, 0.2) is 18.9 Å². The summed E-state index contributed by atoms with van der Waals surface area (Å²) in [6, 6.07) is 0. The van der Waals surface area contributed by atoms with Crippen LogP contribution in [0.25, 0.3) is 0 Å².